The van der Waals surface area contributed by atoms with Crippen molar-refractivity contribution in [3.05, 3.63) is 35.4 Å². The Balaban J connectivity index is 2.30. The van der Waals surface area contributed by atoms with Crippen LogP contribution in [0, 0.1) is 6.92 Å². The van der Waals surface area contributed by atoms with Gasteiger partial charge in [0.15, 0.2) is 0 Å². The van der Waals surface area contributed by atoms with E-state index in [1.165, 1.54) is 10.5 Å². The molecule has 0 spiro atoms. The highest BCUT2D eigenvalue weighted by Crippen LogP contribution is 2.06. The highest BCUT2D eigenvalue weighted by Gasteiger charge is 2.19. The SMILES string of the molecule is Cc1ccc(CCC(=O)NCC(=O)N(C)CC(C)(C)O)cc1. The van der Waals surface area contributed by atoms with Crippen molar-refractivity contribution in [3.63, 3.8) is 0 Å². The summed E-state index contributed by atoms with van der Waals surface area (Å²) in [6.07, 6.45) is 1.01. The number of aliphatic hydroxyl groups is 1. The van der Waals surface area contributed by atoms with Crippen molar-refractivity contribution in [2.75, 3.05) is 20.1 Å². The lowest BCUT2D eigenvalue weighted by atomic mass is 10.1. The van der Waals surface area contributed by atoms with E-state index >= 15 is 0 Å². The number of amides is 2. The van der Waals surface area contributed by atoms with Gasteiger partial charge in [0, 0.05) is 20.0 Å². The Morgan fingerprint density at radius 2 is 1.82 bits per heavy atom. The molecule has 0 aliphatic carbocycles. The van der Waals surface area contributed by atoms with Crippen molar-refractivity contribution >= 4 is 11.8 Å². The lowest BCUT2D eigenvalue weighted by molar-refractivity contribution is -0.133. The van der Waals surface area contributed by atoms with Gasteiger partial charge in [-0.05, 0) is 32.8 Å². The number of hydrogen-bond acceptors (Lipinski definition) is 3. The van der Waals surface area contributed by atoms with E-state index in [0.717, 1.165) is 5.56 Å². The van der Waals surface area contributed by atoms with Gasteiger partial charge >= 0.3 is 0 Å². The van der Waals surface area contributed by atoms with Crippen LogP contribution < -0.4 is 5.32 Å². The van der Waals surface area contributed by atoms with Gasteiger partial charge in [0.05, 0.1) is 12.1 Å². The average molecular weight is 306 g/mol. The summed E-state index contributed by atoms with van der Waals surface area (Å²) < 4.78 is 0. The quantitative estimate of drug-likeness (QED) is 0.797. The standard InChI is InChI=1S/C17H26N2O3/c1-13-5-7-14(8-6-13)9-10-15(20)18-11-16(21)19(4)12-17(2,3)22/h5-8,22H,9-12H2,1-4H3,(H,18,20). The van der Waals surface area contributed by atoms with Gasteiger partial charge in [-0.1, -0.05) is 29.8 Å². The summed E-state index contributed by atoms with van der Waals surface area (Å²) in [5.41, 5.74) is 1.35. The van der Waals surface area contributed by atoms with Crippen molar-refractivity contribution < 1.29 is 14.7 Å². The zero-order valence-corrected chi connectivity index (χ0v) is 13.8. The van der Waals surface area contributed by atoms with E-state index in [1.807, 2.05) is 31.2 Å². The van der Waals surface area contributed by atoms with Gasteiger partial charge in [0.25, 0.3) is 0 Å². The molecule has 0 fully saturated rings. The molecule has 1 aromatic rings. The van der Waals surface area contributed by atoms with Crippen LogP contribution in [-0.2, 0) is 16.0 Å². The molecule has 1 aromatic carbocycles. The molecule has 2 amide bonds. The van der Waals surface area contributed by atoms with Gasteiger partial charge in [0.1, 0.15) is 0 Å². The molecule has 0 unspecified atom stereocenters. The predicted octanol–water partition coefficient (Wildman–Crippen LogP) is 1.27. The van der Waals surface area contributed by atoms with Gasteiger partial charge in [-0.3, -0.25) is 9.59 Å². The van der Waals surface area contributed by atoms with Crippen LogP contribution >= 0.6 is 0 Å². The van der Waals surface area contributed by atoms with Gasteiger partial charge in [-0.25, -0.2) is 0 Å². The minimum absolute atomic E-state index is 0.0424. The molecule has 22 heavy (non-hydrogen) atoms. The molecule has 0 aliphatic rings. The Morgan fingerprint density at radius 1 is 1.23 bits per heavy atom. The number of nitrogens with zero attached hydrogens (tertiary/aromatic N) is 1. The molecule has 2 N–H and O–H groups in total. The van der Waals surface area contributed by atoms with E-state index in [4.69, 9.17) is 0 Å². The molecular weight excluding hydrogens is 280 g/mol. The fourth-order valence-corrected chi connectivity index (χ4v) is 2.08. The first-order valence-electron chi connectivity index (χ1n) is 7.46. The van der Waals surface area contributed by atoms with Crippen molar-refractivity contribution in [1.82, 2.24) is 10.2 Å². The van der Waals surface area contributed by atoms with Crippen molar-refractivity contribution in [3.8, 4) is 0 Å². The summed E-state index contributed by atoms with van der Waals surface area (Å²) in [6.45, 7) is 5.48. The number of rotatable bonds is 7. The highest BCUT2D eigenvalue weighted by atomic mass is 16.3. The summed E-state index contributed by atoms with van der Waals surface area (Å²) in [6, 6.07) is 8.04. The number of aryl methyl sites for hydroxylation is 2. The van der Waals surface area contributed by atoms with Crippen molar-refractivity contribution in [1.29, 1.82) is 0 Å². The first kappa shape index (κ1) is 18.2. The van der Waals surface area contributed by atoms with Crippen LogP contribution in [0.1, 0.15) is 31.4 Å². The maximum Gasteiger partial charge on any atom is 0.241 e. The number of likely N-dealkylation sites (N-methyl/N-ethyl adjacent to an activating group) is 1. The number of carbonyl (C=O) groups is 2. The van der Waals surface area contributed by atoms with E-state index in [0.29, 0.717) is 12.8 Å². The zero-order valence-electron chi connectivity index (χ0n) is 13.8. The second kappa shape index (κ2) is 7.94. The van der Waals surface area contributed by atoms with Gasteiger partial charge in [0.2, 0.25) is 11.8 Å². The average Bonchev–Trinajstić information content (AvgIpc) is 2.42. The second-order valence-corrected chi connectivity index (χ2v) is 6.32. The molecule has 0 atom stereocenters. The predicted molar refractivity (Wildman–Crippen MR) is 86.4 cm³/mol. The summed E-state index contributed by atoms with van der Waals surface area (Å²) in [4.78, 5) is 25.0. The van der Waals surface area contributed by atoms with Crippen LogP contribution in [0.25, 0.3) is 0 Å². The number of carbonyl (C=O) groups excluding carboxylic acids is 2. The largest absolute Gasteiger partial charge is 0.389 e. The molecule has 122 valence electrons. The van der Waals surface area contributed by atoms with E-state index in [2.05, 4.69) is 5.32 Å². The number of benzene rings is 1. The van der Waals surface area contributed by atoms with Gasteiger partial charge < -0.3 is 15.3 Å². The van der Waals surface area contributed by atoms with Crippen LogP contribution in [0.5, 0.6) is 0 Å². The van der Waals surface area contributed by atoms with E-state index < -0.39 is 5.60 Å². The highest BCUT2D eigenvalue weighted by molar-refractivity contribution is 5.84. The molecule has 0 heterocycles. The Morgan fingerprint density at radius 3 is 2.36 bits per heavy atom. The molecule has 0 aromatic heterocycles. The molecule has 0 radical (unpaired) electrons. The first-order chi connectivity index (χ1) is 10.2. The van der Waals surface area contributed by atoms with Gasteiger partial charge in [-0.2, -0.15) is 0 Å². The fraction of sp³-hybridized carbons (Fsp3) is 0.529. The maximum atomic E-state index is 11.8. The summed E-state index contributed by atoms with van der Waals surface area (Å²) in [7, 11) is 1.61. The molecule has 0 bridgehead atoms. The third kappa shape index (κ3) is 7.22. The van der Waals surface area contributed by atoms with Crippen LogP contribution in [-0.4, -0.2) is 47.6 Å². The van der Waals surface area contributed by atoms with E-state index in [1.54, 1.807) is 20.9 Å². The molecule has 1 rings (SSSR count). The second-order valence-electron chi connectivity index (χ2n) is 6.32. The Kier molecular flexibility index (Phi) is 6.56. The minimum Gasteiger partial charge on any atom is -0.389 e. The lowest BCUT2D eigenvalue weighted by Gasteiger charge is -2.25. The first-order valence-corrected chi connectivity index (χ1v) is 7.46. The molecule has 5 heteroatoms. The Bertz CT molecular complexity index is 504. The fourth-order valence-electron chi connectivity index (χ4n) is 2.08. The van der Waals surface area contributed by atoms with Gasteiger partial charge in [-0.15, -0.1) is 0 Å². The molecule has 0 aliphatic heterocycles. The molecule has 5 nitrogen and oxygen atoms in total. The van der Waals surface area contributed by atoms with E-state index in [-0.39, 0.29) is 24.9 Å². The summed E-state index contributed by atoms with van der Waals surface area (Å²) in [5.74, 6) is -0.364. The molecular formula is C17H26N2O3. The normalized spacial score (nSPS) is 11.1. The summed E-state index contributed by atoms with van der Waals surface area (Å²) >= 11 is 0. The zero-order chi connectivity index (χ0) is 16.8. The smallest absolute Gasteiger partial charge is 0.241 e. The summed E-state index contributed by atoms with van der Waals surface area (Å²) in [5, 5.41) is 12.3. The Hall–Kier alpha value is -1.88. The van der Waals surface area contributed by atoms with Crippen LogP contribution in [0.3, 0.4) is 0 Å². The Labute approximate surface area is 132 Å². The van der Waals surface area contributed by atoms with E-state index in [9.17, 15) is 14.7 Å². The maximum absolute atomic E-state index is 11.8. The minimum atomic E-state index is -0.945. The van der Waals surface area contributed by atoms with Crippen LogP contribution in [0.15, 0.2) is 24.3 Å². The topological polar surface area (TPSA) is 69.6 Å². The number of hydrogen-bond donors (Lipinski definition) is 2. The number of nitrogens with one attached hydrogen (secondary N) is 1. The molecule has 0 saturated heterocycles. The van der Waals surface area contributed by atoms with Crippen LogP contribution in [0.2, 0.25) is 0 Å². The lowest BCUT2D eigenvalue weighted by Crippen LogP contribution is -2.44. The molecule has 0 saturated carbocycles. The van der Waals surface area contributed by atoms with Crippen molar-refractivity contribution in [2.24, 2.45) is 0 Å². The third-order valence-electron chi connectivity index (χ3n) is 3.25. The van der Waals surface area contributed by atoms with Crippen LogP contribution in [0.4, 0.5) is 0 Å². The van der Waals surface area contributed by atoms with Crippen molar-refractivity contribution in [2.45, 2.75) is 39.2 Å². The monoisotopic (exact) mass is 306 g/mol. The third-order valence-corrected chi connectivity index (χ3v) is 3.25.